The number of hydrogen-bond donors (Lipinski definition) is 1. The Bertz CT molecular complexity index is 527. The van der Waals surface area contributed by atoms with Gasteiger partial charge in [-0.1, -0.05) is 0 Å². The van der Waals surface area contributed by atoms with Gasteiger partial charge in [0.25, 0.3) is 0 Å². The van der Waals surface area contributed by atoms with Gasteiger partial charge in [-0.3, -0.25) is 0 Å². The summed E-state index contributed by atoms with van der Waals surface area (Å²) in [5, 5.41) is 1.71. The maximum Gasteiger partial charge on any atom is 0.135 e. The first kappa shape index (κ1) is 10.5. The van der Waals surface area contributed by atoms with Gasteiger partial charge in [0.2, 0.25) is 0 Å². The predicted molar refractivity (Wildman–Crippen MR) is 64.6 cm³/mol. The monoisotopic (exact) mass is 245 g/mol. The molecule has 2 heterocycles. The van der Waals surface area contributed by atoms with Gasteiger partial charge in [0.15, 0.2) is 0 Å². The normalized spacial score (nSPS) is 14.8. The molecule has 6 heteroatoms. The lowest BCUT2D eigenvalue weighted by atomic mass is 10.4. The predicted octanol–water partition coefficient (Wildman–Crippen LogP) is 1.88. The second-order valence-electron chi connectivity index (χ2n) is 3.91. The molecular weight excluding hydrogens is 234 g/mol. The Morgan fingerprint density at radius 3 is 2.82 bits per heavy atom. The molecule has 0 aromatic carbocycles. The van der Waals surface area contributed by atoms with Crippen LogP contribution in [-0.4, -0.2) is 19.9 Å². The maximum atomic E-state index is 5.78. The highest BCUT2D eigenvalue weighted by Gasteiger charge is 2.27. The summed E-state index contributed by atoms with van der Waals surface area (Å²) in [7, 11) is 0. The molecule has 0 radical (unpaired) electrons. The molecule has 0 aliphatic heterocycles. The van der Waals surface area contributed by atoms with Crippen LogP contribution in [0.3, 0.4) is 0 Å². The van der Waals surface area contributed by atoms with Crippen molar-refractivity contribution in [1.29, 1.82) is 0 Å². The zero-order valence-corrected chi connectivity index (χ0v) is 9.89. The number of anilines is 1. The van der Waals surface area contributed by atoms with Gasteiger partial charge in [-0.15, -0.1) is 0 Å². The van der Waals surface area contributed by atoms with Crippen molar-refractivity contribution in [3.8, 4) is 0 Å². The van der Waals surface area contributed by atoms with Crippen molar-refractivity contribution < 1.29 is 0 Å². The van der Waals surface area contributed by atoms with E-state index in [0.717, 1.165) is 15.9 Å². The van der Waals surface area contributed by atoms with Crippen molar-refractivity contribution in [2.45, 2.75) is 28.8 Å². The Kier molecular flexibility index (Phi) is 2.64. The van der Waals surface area contributed by atoms with E-state index in [1.165, 1.54) is 30.9 Å². The minimum Gasteiger partial charge on any atom is -0.384 e. The van der Waals surface area contributed by atoms with E-state index in [2.05, 4.69) is 19.9 Å². The summed E-state index contributed by atoms with van der Waals surface area (Å²) in [4.78, 5) is 16.8. The van der Waals surface area contributed by atoms with Gasteiger partial charge in [-0.25, -0.2) is 19.9 Å². The molecule has 5 nitrogen and oxygen atoms in total. The number of aromatic nitrogens is 4. The van der Waals surface area contributed by atoms with Gasteiger partial charge in [-0.05, 0) is 30.7 Å². The zero-order chi connectivity index (χ0) is 11.7. The van der Waals surface area contributed by atoms with E-state index < -0.39 is 0 Å². The number of hydrogen-bond acceptors (Lipinski definition) is 6. The first-order valence-electron chi connectivity index (χ1n) is 5.39. The second kappa shape index (κ2) is 4.29. The molecule has 0 bridgehead atoms. The van der Waals surface area contributed by atoms with Gasteiger partial charge in [0, 0.05) is 18.2 Å². The summed E-state index contributed by atoms with van der Waals surface area (Å²) in [6.45, 7) is 0. The molecule has 1 saturated carbocycles. The van der Waals surface area contributed by atoms with Crippen LogP contribution in [0.25, 0.3) is 0 Å². The molecule has 86 valence electrons. The SMILES string of the molecule is Nc1cc(Sc2ccncn2)nc(C2CC2)n1. The first-order valence-corrected chi connectivity index (χ1v) is 6.21. The van der Waals surface area contributed by atoms with Crippen molar-refractivity contribution >= 4 is 17.6 Å². The lowest BCUT2D eigenvalue weighted by molar-refractivity contribution is 0.882. The molecule has 2 aromatic rings. The summed E-state index contributed by atoms with van der Waals surface area (Å²) in [6, 6.07) is 3.62. The number of nitrogen functional groups attached to an aromatic ring is 1. The fourth-order valence-electron chi connectivity index (χ4n) is 1.48. The maximum absolute atomic E-state index is 5.78. The average molecular weight is 245 g/mol. The number of nitrogens with two attached hydrogens (primary N) is 1. The van der Waals surface area contributed by atoms with Crippen LogP contribution in [0.1, 0.15) is 24.6 Å². The third-order valence-electron chi connectivity index (χ3n) is 2.45. The van der Waals surface area contributed by atoms with Gasteiger partial charge in [-0.2, -0.15) is 0 Å². The van der Waals surface area contributed by atoms with E-state index in [1.807, 2.05) is 6.07 Å². The highest BCUT2D eigenvalue weighted by Crippen LogP contribution is 2.39. The molecule has 0 unspecified atom stereocenters. The highest BCUT2D eigenvalue weighted by molar-refractivity contribution is 7.99. The summed E-state index contributed by atoms with van der Waals surface area (Å²) in [5.41, 5.74) is 5.78. The molecule has 2 N–H and O–H groups in total. The quantitative estimate of drug-likeness (QED) is 0.832. The molecular formula is C11H11N5S. The Morgan fingerprint density at radius 2 is 2.12 bits per heavy atom. The van der Waals surface area contributed by atoms with Gasteiger partial charge in [0.1, 0.15) is 28.0 Å². The Labute approximate surface area is 103 Å². The van der Waals surface area contributed by atoms with E-state index in [1.54, 1.807) is 12.3 Å². The number of rotatable bonds is 3. The van der Waals surface area contributed by atoms with Crippen LogP contribution in [0, 0.1) is 0 Å². The molecule has 1 aliphatic carbocycles. The molecule has 1 aliphatic rings. The lowest BCUT2D eigenvalue weighted by Crippen LogP contribution is -1.99. The van der Waals surface area contributed by atoms with E-state index >= 15 is 0 Å². The van der Waals surface area contributed by atoms with Crippen LogP contribution in [0.2, 0.25) is 0 Å². The third-order valence-corrected chi connectivity index (χ3v) is 3.32. The van der Waals surface area contributed by atoms with Crippen LogP contribution < -0.4 is 5.73 Å². The smallest absolute Gasteiger partial charge is 0.135 e. The van der Waals surface area contributed by atoms with Crippen LogP contribution in [-0.2, 0) is 0 Å². The molecule has 0 atom stereocenters. The minimum absolute atomic E-state index is 0.503. The molecule has 0 saturated heterocycles. The fraction of sp³-hybridized carbons (Fsp3) is 0.273. The average Bonchev–Trinajstić information content (AvgIpc) is 3.13. The summed E-state index contributed by atoms with van der Waals surface area (Å²) < 4.78 is 0. The van der Waals surface area contributed by atoms with Crippen LogP contribution in [0.5, 0.6) is 0 Å². The van der Waals surface area contributed by atoms with Crippen molar-refractivity contribution in [3.63, 3.8) is 0 Å². The minimum atomic E-state index is 0.503. The second-order valence-corrected chi connectivity index (χ2v) is 4.95. The van der Waals surface area contributed by atoms with Crippen LogP contribution in [0.4, 0.5) is 5.82 Å². The molecule has 1 fully saturated rings. The Hall–Kier alpha value is -1.69. The van der Waals surface area contributed by atoms with E-state index in [-0.39, 0.29) is 0 Å². The van der Waals surface area contributed by atoms with E-state index in [0.29, 0.717) is 11.7 Å². The van der Waals surface area contributed by atoms with E-state index in [9.17, 15) is 0 Å². The van der Waals surface area contributed by atoms with E-state index in [4.69, 9.17) is 5.73 Å². The van der Waals surface area contributed by atoms with Crippen molar-refractivity contribution in [2.75, 3.05) is 5.73 Å². The van der Waals surface area contributed by atoms with Crippen molar-refractivity contribution in [2.24, 2.45) is 0 Å². The fourth-order valence-corrected chi connectivity index (χ4v) is 2.25. The Morgan fingerprint density at radius 1 is 1.24 bits per heavy atom. The van der Waals surface area contributed by atoms with Crippen LogP contribution >= 0.6 is 11.8 Å². The van der Waals surface area contributed by atoms with Gasteiger partial charge < -0.3 is 5.73 Å². The standard InChI is InChI=1S/C11H11N5S/c12-8-5-10(16-11(15-8)7-1-2-7)17-9-3-4-13-6-14-9/h3-7H,1-2H2,(H2,12,15,16). The summed E-state index contributed by atoms with van der Waals surface area (Å²) >= 11 is 1.48. The summed E-state index contributed by atoms with van der Waals surface area (Å²) in [6.07, 6.45) is 5.57. The zero-order valence-electron chi connectivity index (χ0n) is 9.08. The molecule has 3 rings (SSSR count). The molecule has 0 spiro atoms. The topological polar surface area (TPSA) is 77.6 Å². The summed E-state index contributed by atoms with van der Waals surface area (Å²) in [5.74, 6) is 1.89. The van der Waals surface area contributed by atoms with Gasteiger partial charge in [0.05, 0.1) is 0 Å². The van der Waals surface area contributed by atoms with Gasteiger partial charge >= 0.3 is 0 Å². The molecule has 17 heavy (non-hydrogen) atoms. The first-order chi connectivity index (χ1) is 8.31. The highest BCUT2D eigenvalue weighted by atomic mass is 32.2. The molecule has 0 amide bonds. The lowest BCUT2D eigenvalue weighted by Gasteiger charge is -2.03. The largest absolute Gasteiger partial charge is 0.384 e. The molecule has 2 aromatic heterocycles. The van der Waals surface area contributed by atoms with Crippen molar-refractivity contribution in [3.05, 3.63) is 30.5 Å². The third kappa shape index (κ3) is 2.52. The Balaban J connectivity index is 1.87. The van der Waals surface area contributed by atoms with Crippen molar-refractivity contribution in [1.82, 2.24) is 19.9 Å². The number of nitrogens with zero attached hydrogens (tertiary/aromatic N) is 4. The van der Waals surface area contributed by atoms with Crippen LogP contribution in [0.15, 0.2) is 34.7 Å².